The highest BCUT2D eigenvalue weighted by Gasteiger charge is 2.24. The van der Waals surface area contributed by atoms with E-state index in [0.717, 1.165) is 16.1 Å². The van der Waals surface area contributed by atoms with Gasteiger partial charge in [-0.1, -0.05) is 47.7 Å². The van der Waals surface area contributed by atoms with Crippen LogP contribution in [0.2, 0.25) is 0 Å². The molecule has 35 heavy (non-hydrogen) atoms. The van der Waals surface area contributed by atoms with E-state index >= 15 is 0 Å². The highest BCUT2D eigenvalue weighted by atomic mass is 32.1. The Balaban J connectivity index is 1.29. The molecule has 9 nitrogen and oxygen atoms in total. The van der Waals surface area contributed by atoms with Crippen LogP contribution in [-0.2, 0) is 0 Å². The van der Waals surface area contributed by atoms with E-state index in [1.165, 1.54) is 21.9 Å². The molecule has 1 N–H and O–H groups in total. The number of amides is 2. The molecule has 2 aromatic carbocycles. The number of benzene rings is 2. The Morgan fingerprint density at radius 1 is 1.09 bits per heavy atom. The first-order valence-electron chi connectivity index (χ1n) is 11.5. The second-order valence-corrected chi connectivity index (χ2v) is 9.16. The van der Waals surface area contributed by atoms with Crippen LogP contribution in [0, 0.1) is 6.92 Å². The van der Waals surface area contributed by atoms with Crippen molar-refractivity contribution >= 4 is 33.8 Å². The number of aromatic nitrogens is 3. The fourth-order valence-corrected chi connectivity index (χ4v) is 5.06. The summed E-state index contributed by atoms with van der Waals surface area (Å²) in [7, 11) is 0. The summed E-state index contributed by atoms with van der Waals surface area (Å²) in [6, 6.07) is 16.7. The molecule has 0 unspecified atom stereocenters. The van der Waals surface area contributed by atoms with E-state index in [2.05, 4.69) is 10.4 Å². The minimum absolute atomic E-state index is 0.175. The summed E-state index contributed by atoms with van der Waals surface area (Å²) in [5, 5.41) is 8.20. The lowest BCUT2D eigenvalue weighted by atomic mass is 10.1. The molecule has 10 heteroatoms. The number of aryl methyl sites for hydroxylation is 1. The number of rotatable bonds is 5. The lowest BCUT2D eigenvalue weighted by molar-refractivity contribution is 0.208. The third-order valence-electron chi connectivity index (χ3n) is 5.93. The fraction of sp³-hybridized carbons (Fsp3) is 0.280. The van der Waals surface area contributed by atoms with Gasteiger partial charge in [0.15, 0.2) is 0 Å². The molecule has 1 aliphatic rings. The standard InChI is InChI=1S/C25H26N6O3S/c1-3-34-20-11-7-6-10-19(20)26-24(33)30-14-12-29(13-15-30)21-16-22(32)31-25(27-21)35-23(28-31)18-9-5-4-8-17(18)2/h4-11,16H,3,12-15H2,1-2H3,(H,26,33). The average Bonchev–Trinajstić information content (AvgIpc) is 3.30. The number of hydrogen-bond acceptors (Lipinski definition) is 7. The maximum Gasteiger partial charge on any atom is 0.322 e. The van der Waals surface area contributed by atoms with Gasteiger partial charge in [0.1, 0.15) is 16.6 Å². The summed E-state index contributed by atoms with van der Waals surface area (Å²) < 4.78 is 6.95. The molecule has 2 aromatic heterocycles. The van der Waals surface area contributed by atoms with Crippen LogP contribution >= 0.6 is 11.3 Å². The summed E-state index contributed by atoms with van der Waals surface area (Å²) in [5.74, 6) is 1.26. The maximum absolute atomic E-state index is 12.8. The zero-order valence-electron chi connectivity index (χ0n) is 19.6. The van der Waals surface area contributed by atoms with E-state index in [-0.39, 0.29) is 11.6 Å². The lowest BCUT2D eigenvalue weighted by Gasteiger charge is -2.35. The highest BCUT2D eigenvalue weighted by molar-refractivity contribution is 7.19. The number of nitrogens with zero attached hydrogens (tertiary/aromatic N) is 5. The Bertz CT molecular complexity index is 1420. The smallest absolute Gasteiger partial charge is 0.322 e. The van der Waals surface area contributed by atoms with Crippen molar-refractivity contribution in [2.75, 3.05) is 43.0 Å². The molecule has 4 aromatic rings. The van der Waals surface area contributed by atoms with Gasteiger partial charge in [-0.3, -0.25) is 4.79 Å². The van der Waals surface area contributed by atoms with E-state index in [1.807, 2.05) is 67.3 Å². The van der Waals surface area contributed by atoms with Gasteiger partial charge in [-0.05, 0) is 31.5 Å². The van der Waals surface area contributed by atoms with Gasteiger partial charge in [-0.2, -0.15) is 9.61 Å². The molecular formula is C25H26N6O3S. The maximum atomic E-state index is 12.8. The van der Waals surface area contributed by atoms with Gasteiger partial charge in [-0.25, -0.2) is 9.78 Å². The SMILES string of the molecule is CCOc1ccccc1NC(=O)N1CCN(c2cc(=O)n3nc(-c4ccccc4C)sc3n2)CC1. The minimum atomic E-state index is -0.214. The average molecular weight is 491 g/mol. The van der Waals surface area contributed by atoms with Crippen LogP contribution in [0.3, 0.4) is 0 Å². The third-order valence-corrected chi connectivity index (χ3v) is 6.87. The van der Waals surface area contributed by atoms with Gasteiger partial charge >= 0.3 is 6.03 Å². The molecule has 2 amide bonds. The highest BCUT2D eigenvalue weighted by Crippen LogP contribution is 2.28. The molecule has 0 spiro atoms. The number of piperazine rings is 1. The van der Waals surface area contributed by atoms with Crippen LogP contribution in [0.15, 0.2) is 59.4 Å². The number of fused-ring (bicyclic) bond motifs is 1. The van der Waals surface area contributed by atoms with E-state index in [1.54, 1.807) is 4.90 Å². The lowest BCUT2D eigenvalue weighted by Crippen LogP contribution is -2.50. The molecule has 0 aliphatic carbocycles. The molecule has 3 heterocycles. The molecule has 0 radical (unpaired) electrons. The molecule has 0 bridgehead atoms. The number of urea groups is 1. The number of ether oxygens (including phenoxy) is 1. The Hall–Kier alpha value is -3.92. The van der Waals surface area contributed by atoms with Gasteiger partial charge in [0.05, 0.1) is 12.3 Å². The minimum Gasteiger partial charge on any atom is -0.492 e. The predicted octanol–water partition coefficient (Wildman–Crippen LogP) is 3.88. The summed E-state index contributed by atoms with van der Waals surface area (Å²) in [5.41, 5.74) is 2.53. The van der Waals surface area contributed by atoms with E-state index in [9.17, 15) is 9.59 Å². The number of nitrogens with one attached hydrogen (secondary N) is 1. The van der Waals surface area contributed by atoms with Gasteiger partial charge in [-0.15, -0.1) is 0 Å². The zero-order chi connectivity index (χ0) is 24.4. The van der Waals surface area contributed by atoms with Crippen LogP contribution in [0.1, 0.15) is 12.5 Å². The number of anilines is 2. The largest absolute Gasteiger partial charge is 0.492 e. The summed E-state index contributed by atoms with van der Waals surface area (Å²) in [4.78, 5) is 34.7. The van der Waals surface area contributed by atoms with Crippen LogP contribution in [0.5, 0.6) is 5.75 Å². The molecule has 5 rings (SSSR count). The second kappa shape index (κ2) is 9.75. The number of carbonyl (C=O) groups excluding carboxylic acids is 1. The third kappa shape index (κ3) is 4.69. The zero-order valence-corrected chi connectivity index (χ0v) is 20.4. The first kappa shape index (κ1) is 22.9. The normalized spacial score (nSPS) is 13.8. The number of hydrogen-bond donors (Lipinski definition) is 1. The second-order valence-electron chi connectivity index (χ2n) is 8.20. The first-order chi connectivity index (χ1) is 17.0. The molecule has 1 saturated heterocycles. The van der Waals surface area contributed by atoms with Crippen molar-refractivity contribution in [3.05, 3.63) is 70.5 Å². The van der Waals surface area contributed by atoms with Crippen molar-refractivity contribution in [1.29, 1.82) is 0 Å². The van der Waals surface area contributed by atoms with Gasteiger partial charge in [0.2, 0.25) is 4.96 Å². The van der Waals surface area contributed by atoms with Crippen LogP contribution < -0.4 is 20.5 Å². The predicted molar refractivity (Wildman–Crippen MR) is 138 cm³/mol. The van der Waals surface area contributed by atoms with Crippen LogP contribution in [-0.4, -0.2) is 58.3 Å². The molecule has 180 valence electrons. The summed E-state index contributed by atoms with van der Waals surface area (Å²) in [6.07, 6.45) is 0. The molecule has 0 saturated carbocycles. The van der Waals surface area contributed by atoms with E-state index in [0.29, 0.717) is 55.0 Å². The van der Waals surface area contributed by atoms with Crippen molar-refractivity contribution in [3.63, 3.8) is 0 Å². The van der Waals surface area contributed by atoms with Gasteiger partial charge in [0.25, 0.3) is 5.56 Å². The Morgan fingerprint density at radius 3 is 2.60 bits per heavy atom. The van der Waals surface area contributed by atoms with Crippen LogP contribution in [0.25, 0.3) is 15.5 Å². The summed E-state index contributed by atoms with van der Waals surface area (Å²) in [6.45, 7) is 6.63. The van der Waals surface area contributed by atoms with Crippen molar-refractivity contribution in [2.45, 2.75) is 13.8 Å². The van der Waals surface area contributed by atoms with E-state index in [4.69, 9.17) is 9.72 Å². The molecule has 1 aliphatic heterocycles. The number of carbonyl (C=O) groups is 1. The molecule has 1 fully saturated rings. The Kier molecular flexibility index (Phi) is 6.37. The quantitative estimate of drug-likeness (QED) is 0.457. The number of para-hydroxylation sites is 2. The topological polar surface area (TPSA) is 92.1 Å². The Morgan fingerprint density at radius 2 is 1.83 bits per heavy atom. The first-order valence-corrected chi connectivity index (χ1v) is 12.3. The van der Waals surface area contributed by atoms with Crippen molar-refractivity contribution in [1.82, 2.24) is 19.5 Å². The Labute approximate surface area is 206 Å². The monoisotopic (exact) mass is 490 g/mol. The summed E-state index contributed by atoms with van der Waals surface area (Å²) >= 11 is 1.40. The van der Waals surface area contributed by atoms with Gasteiger partial charge < -0.3 is 19.9 Å². The molecule has 0 atom stereocenters. The fourth-order valence-electron chi connectivity index (χ4n) is 4.07. The van der Waals surface area contributed by atoms with Crippen molar-refractivity contribution < 1.29 is 9.53 Å². The van der Waals surface area contributed by atoms with Crippen LogP contribution in [0.4, 0.5) is 16.3 Å². The molecular weight excluding hydrogens is 464 g/mol. The van der Waals surface area contributed by atoms with Crippen molar-refractivity contribution in [2.24, 2.45) is 0 Å². The van der Waals surface area contributed by atoms with E-state index < -0.39 is 0 Å². The van der Waals surface area contributed by atoms with Gasteiger partial charge in [0, 0.05) is 37.8 Å². The van der Waals surface area contributed by atoms with Crippen molar-refractivity contribution in [3.8, 4) is 16.3 Å².